The van der Waals surface area contributed by atoms with Gasteiger partial charge < -0.3 is 20.9 Å². The second-order valence-corrected chi connectivity index (χ2v) is 7.72. The van der Waals surface area contributed by atoms with E-state index >= 15 is 0 Å². The van der Waals surface area contributed by atoms with Gasteiger partial charge in [-0.25, -0.2) is 9.98 Å². The lowest BCUT2D eigenvalue weighted by molar-refractivity contribution is 0.0963. The summed E-state index contributed by atoms with van der Waals surface area (Å²) in [5.41, 5.74) is 2.96. The molecule has 2 heterocycles. The van der Waals surface area contributed by atoms with E-state index in [0.717, 1.165) is 55.5 Å². The summed E-state index contributed by atoms with van der Waals surface area (Å²) in [5, 5.41) is 9.36. The van der Waals surface area contributed by atoms with Gasteiger partial charge in [0.25, 0.3) is 5.91 Å². The predicted octanol–water partition coefficient (Wildman–Crippen LogP) is 3.35. The number of aromatic nitrogens is 1. The summed E-state index contributed by atoms with van der Waals surface area (Å²) in [6, 6.07) is 11.9. The lowest BCUT2D eigenvalue weighted by Gasteiger charge is -2.27. The van der Waals surface area contributed by atoms with Gasteiger partial charge >= 0.3 is 0 Å². The Bertz CT molecular complexity index is 882. The van der Waals surface area contributed by atoms with Gasteiger partial charge in [0.1, 0.15) is 5.82 Å². The Morgan fingerprint density at radius 2 is 1.91 bits per heavy atom. The first kappa shape index (κ1) is 25.9. The molecule has 3 N–H and O–H groups in total. The van der Waals surface area contributed by atoms with Gasteiger partial charge in [-0.3, -0.25) is 4.79 Å². The van der Waals surface area contributed by atoms with Crippen molar-refractivity contribution >= 4 is 41.7 Å². The van der Waals surface area contributed by atoms with Crippen molar-refractivity contribution in [2.45, 2.75) is 39.2 Å². The number of pyridine rings is 1. The highest BCUT2D eigenvalue weighted by Gasteiger charge is 2.12. The summed E-state index contributed by atoms with van der Waals surface area (Å²) in [5.74, 6) is 1.79. The number of guanidine groups is 1. The average molecular weight is 550 g/mol. The van der Waals surface area contributed by atoms with E-state index in [4.69, 9.17) is 4.99 Å². The fourth-order valence-corrected chi connectivity index (χ4v) is 3.70. The highest BCUT2D eigenvalue weighted by atomic mass is 127. The standard InChI is InChI=1S/C24H34N6O.HI/c1-3-26-24(28-13-10-19-8-7-9-21(16-19)23(31)25-2)29-18-20-11-12-27-22(17-20)30-14-5-4-6-15-30;/h7-9,11-12,16-17H,3-6,10,13-15,18H2,1-2H3,(H,25,31)(H2,26,28,29);1H. The van der Waals surface area contributed by atoms with Crippen LogP contribution >= 0.6 is 24.0 Å². The Kier molecular flexibility index (Phi) is 11.3. The minimum absolute atomic E-state index is 0. The lowest BCUT2D eigenvalue weighted by Crippen LogP contribution is -2.38. The van der Waals surface area contributed by atoms with E-state index in [-0.39, 0.29) is 29.9 Å². The van der Waals surface area contributed by atoms with E-state index < -0.39 is 0 Å². The molecule has 1 fully saturated rings. The molecule has 32 heavy (non-hydrogen) atoms. The number of benzene rings is 1. The summed E-state index contributed by atoms with van der Waals surface area (Å²) in [4.78, 5) is 23.5. The maximum Gasteiger partial charge on any atom is 0.251 e. The van der Waals surface area contributed by atoms with Crippen molar-refractivity contribution in [2.75, 3.05) is 38.1 Å². The van der Waals surface area contributed by atoms with E-state index in [1.54, 1.807) is 7.05 Å². The van der Waals surface area contributed by atoms with Crippen molar-refractivity contribution in [2.24, 2.45) is 4.99 Å². The molecule has 0 unspecified atom stereocenters. The molecule has 8 heteroatoms. The van der Waals surface area contributed by atoms with Crippen LogP contribution in [0.5, 0.6) is 0 Å². The number of hydrogen-bond acceptors (Lipinski definition) is 4. The minimum atomic E-state index is -0.0639. The average Bonchev–Trinajstić information content (AvgIpc) is 2.83. The third kappa shape index (κ3) is 7.96. The molecule has 174 valence electrons. The first-order valence-electron chi connectivity index (χ1n) is 11.2. The Morgan fingerprint density at radius 1 is 1.09 bits per heavy atom. The molecule has 0 saturated carbocycles. The molecular weight excluding hydrogens is 515 g/mol. The van der Waals surface area contributed by atoms with Crippen LogP contribution in [0.25, 0.3) is 0 Å². The predicted molar refractivity (Wildman–Crippen MR) is 142 cm³/mol. The van der Waals surface area contributed by atoms with Crippen LogP contribution in [0.2, 0.25) is 0 Å². The smallest absolute Gasteiger partial charge is 0.251 e. The van der Waals surface area contributed by atoms with Crippen molar-refractivity contribution in [1.29, 1.82) is 0 Å². The Labute approximate surface area is 208 Å². The van der Waals surface area contributed by atoms with Crippen LogP contribution in [0, 0.1) is 0 Å². The molecule has 1 aromatic carbocycles. The van der Waals surface area contributed by atoms with Crippen molar-refractivity contribution in [3.8, 4) is 0 Å². The van der Waals surface area contributed by atoms with Crippen molar-refractivity contribution in [3.05, 3.63) is 59.3 Å². The number of carbonyl (C=O) groups excluding carboxylic acids is 1. The Balaban J connectivity index is 0.00000363. The van der Waals surface area contributed by atoms with Crippen LogP contribution in [0.1, 0.15) is 47.7 Å². The monoisotopic (exact) mass is 550 g/mol. The van der Waals surface area contributed by atoms with Gasteiger partial charge in [0.05, 0.1) is 6.54 Å². The van der Waals surface area contributed by atoms with E-state index in [0.29, 0.717) is 12.1 Å². The highest BCUT2D eigenvalue weighted by molar-refractivity contribution is 14.0. The molecule has 1 aliphatic rings. The third-order valence-electron chi connectivity index (χ3n) is 5.38. The number of halogens is 1. The zero-order chi connectivity index (χ0) is 21.9. The molecule has 0 spiro atoms. The van der Waals surface area contributed by atoms with Gasteiger partial charge in [0.2, 0.25) is 0 Å². The van der Waals surface area contributed by atoms with Gasteiger partial charge in [-0.1, -0.05) is 12.1 Å². The van der Waals surface area contributed by atoms with E-state index in [1.165, 1.54) is 19.3 Å². The molecule has 1 aliphatic heterocycles. The van der Waals surface area contributed by atoms with Crippen LogP contribution in [-0.2, 0) is 13.0 Å². The maximum absolute atomic E-state index is 11.8. The highest BCUT2D eigenvalue weighted by Crippen LogP contribution is 2.18. The van der Waals surface area contributed by atoms with E-state index in [1.807, 2.05) is 36.5 Å². The molecule has 0 bridgehead atoms. The number of nitrogens with zero attached hydrogens (tertiary/aromatic N) is 3. The molecule has 3 rings (SSSR count). The number of amides is 1. The first-order valence-corrected chi connectivity index (χ1v) is 11.2. The first-order chi connectivity index (χ1) is 15.2. The molecule has 0 radical (unpaired) electrons. The summed E-state index contributed by atoms with van der Waals surface area (Å²) < 4.78 is 0. The number of hydrogen-bond donors (Lipinski definition) is 3. The fraction of sp³-hybridized carbons (Fsp3) is 0.458. The van der Waals surface area contributed by atoms with Gasteiger partial charge in [-0.15, -0.1) is 24.0 Å². The van der Waals surface area contributed by atoms with Gasteiger partial charge in [-0.05, 0) is 68.0 Å². The minimum Gasteiger partial charge on any atom is -0.357 e. The molecule has 0 aliphatic carbocycles. The summed E-state index contributed by atoms with van der Waals surface area (Å²) >= 11 is 0. The molecule has 1 saturated heterocycles. The second kappa shape index (κ2) is 13.9. The third-order valence-corrected chi connectivity index (χ3v) is 5.38. The zero-order valence-electron chi connectivity index (χ0n) is 19.1. The number of aliphatic imine (C=N–C) groups is 1. The van der Waals surface area contributed by atoms with Gasteiger partial charge in [0, 0.05) is 45.0 Å². The lowest BCUT2D eigenvalue weighted by atomic mass is 10.1. The van der Waals surface area contributed by atoms with Crippen molar-refractivity contribution < 1.29 is 4.79 Å². The Morgan fingerprint density at radius 3 is 2.66 bits per heavy atom. The van der Waals surface area contributed by atoms with Crippen molar-refractivity contribution in [1.82, 2.24) is 20.9 Å². The second-order valence-electron chi connectivity index (χ2n) is 7.72. The number of anilines is 1. The van der Waals surface area contributed by atoms with Gasteiger partial charge in [0.15, 0.2) is 5.96 Å². The molecule has 1 aromatic heterocycles. The van der Waals surface area contributed by atoms with Crippen LogP contribution in [0.15, 0.2) is 47.6 Å². The normalized spacial score (nSPS) is 13.8. The Hall–Kier alpha value is -2.36. The van der Waals surface area contributed by atoms with Crippen LogP contribution < -0.4 is 20.9 Å². The fourth-order valence-electron chi connectivity index (χ4n) is 3.70. The maximum atomic E-state index is 11.8. The number of carbonyl (C=O) groups is 1. The summed E-state index contributed by atoms with van der Waals surface area (Å²) in [7, 11) is 1.65. The molecule has 1 amide bonds. The molecule has 7 nitrogen and oxygen atoms in total. The van der Waals surface area contributed by atoms with Crippen molar-refractivity contribution in [3.63, 3.8) is 0 Å². The molecule has 2 aromatic rings. The topological polar surface area (TPSA) is 81.7 Å². The van der Waals surface area contributed by atoms with Gasteiger partial charge in [-0.2, -0.15) is 0 Å². The van der Waals surface area contributed by atoms with E-state index in [9.17, 15) is 4.79 Å². The largest absolute Gasteiger partial charge is 0.357 e. The zero-order valence-corrected chi connectivity index (χ0v) is 21.4. The molecule has 0 atom stereocenters. The molecular formula is C24H35IN6O. The van der Waals surface area contributed by atoms with E-state index in [2.05, 4.69) is 38.8 Å². The SMILES string of the molecule is CCNC(=NCc1ccnc(N2CCCCC2)c1)NCCc1cccc(C(=O)NC)c1.I. The summed E-state index contributed by atoms with van der Waals surface area (Å²) in [6.07, 6.45) is 6.49. The van der Waals surface area contributed by atoms with Crippen LogP contribution in [-0.4, -0.2) is 50.1 Å². The number of rotatable bonds is 8. The van der Waals surface area contributed by atoms with Crippen LogP contribution in [0.4, 0.5) is 5.82 Å². The quantitative estimate of drug-likeness (QED) is 0.267. The van der Waals surface area contributed by atoms with Crippen LogP contribution in [0.3, 0.4) is 0 Å². The number of nitrogens with one attached hydrogen (secondary N) is 3. The summed E-state index contributed by atoms with van der Waals surface area (Å²) in [6.45, 7) is 6.37. The number of piperidine rings is 1.